The predicted octanol–water partition coefficient (Wildman–Crippen LogP) is 4.05. The number of nitrogens with one attached hydrogen (secondary N) is 1. The number of ether oxygens (including phenoxy) is 1. The maximum absolute atomic E-state index is 12.4. The lowest BCUT2D eigenvalue weighted by Gasteiger charge is -2.25. The van der Waals surface area contributed by atoms with E-state index in [2.05, 4.69) is 33.8 Å². The molecule has 0 bridgehead atoms. The Labute approximate surface area is 169 Å². The molecule has 0 amide bonds. The van der Waals surface area contributed by atoms with Gasteiger partial charge in [0.2, 0.25) is 0 Å². The number of guanidine groups is 1. The SMILES string of the molecule is CC(C)CN1CCC[C@@H]1CN=C(N)Nc1ccccc1OC(F)(F)F.I. The van der Waals surface area contributed by atoms with Gasteiger partial charge < -0.3 is 15.8 Å². The summed E-state index contributed by atoms with van der Waals surface area (Å²) in [7, 11) is 0. The van der Waals surface area contributed by atoms with Gasteiger partial charge in [-0.15, -0.1) is 37.1 Å². The number of likely N-dealkylation sites (tertiary alicyclic amines) is 1. The molecule has 0 aromatic heterocycles. The molecule has 1 aromatic carbocycles. The highest BCUT2D eigenvalue weighted by Crippen LogP contribution is 2.29. The Morgan fingerprint density at radius 3 is 2.73 bits per heavy atom. The van der Waals surface area contributed by atoms with Gasteiger partial charge in [0.25, 0.3) is 0 Å². The topological polar surface area (TPSA) is 62.9 Å². The Bertz CT molecular complexity index is 596. The Balaban J connectivity index is 0.00000338. The minimum Gasteiger partial charge on any atom is -0.404 e. The number of alkyl halides is 3. The van der Waals surface area contributed by atoms with Crippen LogP contribution in [0.25, 0.3) is 0 Å². The van der Waals surface area contributed by atoms with Gasteiger partial charge in [-0.1, -0.05) is 26.0 Å². The number of rotatable bonds is 6. The average molecular weight is 486 g/mol. The first-order valence-electron chi connectivity index (χ1n) is 8.40. The van der Waals surface area contributed by atoms with Crippen LogP contribution in [0.5, 0.6) is 5.75 Å². The first-order chi connectivity index (χ1) is 11.7. The van der Waals surface area contributed by atoms with Crippen molar-refractivity contribution in [2.75, 3.05) is 25.0 Å². The van der Waals surface area contributed by atoms with Gasteiger partial charge in [0.1, 0.15) is 0 Å². The quantitative estimate of drug-likeness (QED) is 0.362. The first-order valence-corrected chi connectivity index (χ1v) is 8.40. The molecule has 1 atom stereocenters. The maximum Gasteiger partial charge on any atom is 0.573 e. The Hall–Kier alpha value is -1.23. The molecule has 0 radical (unpaired) electrons. The van der Waals surface area contributed by atoms with Crippen LogP contribution in [0, 0.1) is 5.92 Å². The van der Waals surface area contributed by atoms with E-state index in [1.807, 2.05) is 0 Å². The second-order valence-electron chi connectivity index (χ2n) is 6.58. The Morgan fingerprint density at radius 2 is 2.08 bits per heavy atom. The van der Waals surface area contributed by atoms with Crippen molar-refractivity contribution in [2.24, 2.45) is 16.6 Å². The van der Waals surface area contributed by atoms with E-state index in [-0.39, 0.29) is 41.4 Å². The molecule has 1 aliphatic heterocycles. The summed E-state index contributed by atoms with van der Waals surface area (Å²) in [6.07, 6.45) is -2.58. The molecule has 0 unspecified atom stereocenters. The molecule has 1 aliphatic rings. The molecule has 148 valence electrons. The van der Waals surface area contributed by atoms with E-state index in [1.165, 1.54) is 18.2 Å². The number of hydrogen-bond acceptors (Lipinski definition) is 3. The Kier molecular flexibility index (Phi) is 8.94. The van der Waals surface area contributed by atoms with Crippen molar-refractivity contribution in [3.05, 3.63) is 24.3 Å². The predicted molar refractivity (Wildman–Crippen MR) is 108 cm³/mol. The minimum absolute atomic E-state index is 0. The highest BCUT2D eigenvalue weighted by Gasteiger charge is 2.32. The third-order valence-corrected chi connectivity index (χ3v) is 3.95. The third kappa shape index (κ3) is 7.56. The van der Waals surface area contributed by atoms with Crippen LogP contribution in [0.4, 0.5) is 18.9 Å². The highest BCUT2D eigenvalue weighted by molar-refractivity contribution is 14.0. The van der Waals surface area contributed by atoms with Crippen molar-refractivity contribution in [3.8, 4) is 5.75 Å². The van der Waals surface area contributed by atoms with E-state index in [4.69, 9.17) is 5.73 Å². The summed E-state index contributed by atoms with van der Waals surface area (Å²) < 4.78 is 41.3. The number of nitrogens with two attached hydrogens (primary N) is 1. The number of para-hydroxylation sites is 2. The van der Waals surface area contributed by atoms with Gasteiger partial charge in [0.15, 0.2) is 11.7 Å². The lowest BCUT2D eigenvalue weighted by molar-refractivity contribution is -0.274. The van der Waals surface area contributed by atoms with E-state index in [0.717, 1.165) is 25.9 Å². The second kappa shape index (κ2) is 10.2. The molecule has 9 heteroatoms. The molecule has 1 heterocycles. The summed E-state index contributed by atoms with van der Waals surface area (Å²) in [5.74, 6) is 0.316. The van der Waals surface area contributed by atoms with Gasteiger partial charge in [0, 0.05) is 12.6 Å². The zero-order valence-corrected chi connectivity index (χ0v) is 17.3. The van der Waals surface area contributed by atoms with Gasteiger partial charge in [0.05, 0.1) is 12.2 Å². The average Bonchev–Trinajstić information content (AvgIpc) is 2.92. The maximum atomic E-state index is 12.4. The number of halogens is 4. The zero-order chi connectivity index (χ0) is 18.4. The molecule has 1 aromatic rings. The number of nitrogens with zero attached hydrogens (tertiary/aromatic N) is 2. The largest absolute Gasteiger partial charge is 0.573 e. The molecule has 0 aliphatic carbocycles. The van der Waals surface area contributed by atoms with Crippen molar-refractivity contribution in [3.63, 3.8) is 0 Å². The highest BCUT2D eigenvalue weighted by atomic mass is 127. The number of benzene rings is 1. The molecule has 26 heavy (non-hydrogen) atoms. The van der Waals surface area contributed by atoms with E-state index in [0.29, 0.717) is 18.5 Å². The minimum atomic E-state index is -4.76. The molecule has 1 saturated heterocycles. The molecule has 0 saturated carbocycles. The van der Waals surface area contributed by atoms with E-state index in [1.54, 1.807) is 6.07 Å². The standard InChI is InChI=1S/C17H25F3N4O.HI/c1-12(2)11-24-9-5-6-13(24)10-22-16(21)23-14-7-3-4-8-15(14)25-17(18,19)20;/h3-4,7-8,12-13H,5-6,9-11H2,1-2H3,(H3,21,22,23);1H/t13-;/m1./s1. The Morgan fingerprint density at radius 1 is 1.38 bits per heavy atom. The fraction of sp³-hybridized carbons (Fsp3) is 0.588. The smallest absolute Gasteiger partial charge is 0.404 e. The third-order valence-electron chi connectivity index (χ3n) is 3.95. The summed E-state index contributed by atoms with van der Waals surface area (Å²) in [5, 5.41) is 2.70. The van der Waals surface area contributed by atoms with Gasteiger partial charge in [-0.05, 0) is 37.4 Å². The number of anilines is 1. The molecule has 5 nitrogen and oxygen atoms in total. The number of hydrogen-bond donors (Lipinski definition) is 2. The van der Waals surface area contributed by atoms with Crippen LogP contribution in [0.3, 0.4) is 0 Å². The van der Waals surface area contributed by atoms with E-state index in [9.17, 15) is 13.2 Å². The fourth-order valence-electron chi connectivity index (χ4n) is 2.98. The molecule has 0 spiro atoms. The monoisotopic (exact) mass is 486 g/mol. The second-order valence-corrected chi connectivity index (χ2v) is 6.58. The van der Waals surface area contributed by atoms with Gasteiger partial charge in [-0.2, -0.15) is 0 Å². The number of aliphatic imine (C=N–C) groups is 1. The first kappa shape index (κ1) is 22.8. The van der Waals surface area contributed by atoms with Crippen molar-refractivity contribution < 1.29 is 17.9 Å². The van der Waals surface area contributed by atoms with Crippen molar-refractivity contribution >= 4 is 35.6 Å². The van der Waals surface area contributed by atoms with Crippen molar-refractivity contribution in [1.29, 1.82) is 0 Å². The lowest BCUT2D eigenvalue weighted by Crippen LogP contribution is -2.35. The molecular weight excluding hydrogens is 460 g/mol. The molecule has 3 N–H and O–H groups in total. The van der Waals surface area contributed by atoms with Crippen molar-refractivity contribution in [1.82, 2.24) is 4.90 Å². The molecular formula is C17H26F3IN4O. The van der Waals surface area contributed by atoms with Crippen molar-refractivity contribution in [2.45, 2.75) is 39.1 Å². The molecule has 1 fully saturated rings. The summed E-state index contributed by atoms with van der Waals surface area (Å²) >= 11 is 0. The summed E-state index contributed by atoms with van der Waals surface area (Å²) in [5.41, 5.74) is 5.98. The van der Waals surface area contributed by atoms with Crippen LogP contribution in [-0.4, -0.2) is 42.9 Å². The van der Waals surface area contributed by atoms with Crippen LogP contribution >= 0.6 is 24.0 Å². The van der Waals surface area contributed by atoms with Gasteiger partial charge in [-0.25, -0.2) is 0 Å². The summed E-state index contributed by atoms with van der Waals surface area (Å²) in [6.45, 7) is 6.93. The normalized spacial score (nSPS) is 18.7. The van der Waals surface area contributed by atoms with E-state index >= 15 is 0 Å². The van der Waals surface area contributed by atoms with Crippen LogP contribution in [0.1, 0.15) is 26.7 Å². The zero-order valence-electron chi connectivity index (χ0n) is 14.9. The van der Waals surface area contributed by atoms with Crippen LogP contribution in [0.2, 0.25) is 0 Å². The lowest BCUT2D eigenvalue weighted by atomic mass is 10.2. The van der Waals surface area contributed by atoms with Crippen LogP contribution in [-0.2, 0) is 0 Å². The molecule has 2 rings (SSSR count). The fourth-order valence-corrected chi connectivity index (χ4v) is 2.98. The van der Waals surface area contributed by atoms with Crippen LogP contribution < -0.4 is 15.8 Å². The van der Waals surface area contributed by atoms with Gasteiger partial charge in [-0.3, -0.25) is 9.89 Å². The van der Waals surface area contributed by atoms with E-state index < -0.39 is 6.36 Å². The van der Waals surface area contributed by atoms with Gasteiger partial charge >= 0.3 is 6.36 Å². The summed E-state index contributed by atoms with van der Waals surface area (Å²) in [6, 6.07) is 6.07. The summed E-state index contributed by atoms with van der Waals surface area (Å²) in [4.78, 5) is 6.69. The van der Waals surface area contributed by atoms with Crippen LogP contribution in [0.15, 0.2) is 29.3 Å².